The van der Waals surface area contributed by atoms with Crippen molar-refractivity contribution in [2.45, 2.75) is 38.8 Å². The van der Waals surface area contributed by atoms with Crippen molar-refractivity contribution in [1.29, 1.82) is 0 Å². The van der Waals surface area contributed by atoms with Gasteiger partial charge in [0.2, 0.25) is 0 Å². The van der Waals surface area contributed by atoms with Crippen LogP contribution >= 0.6 is 0 Å². The van der Waals surface area contributed by atoms with Crippen molar-refractivity contribution in [1.82, 2.24) is 5.32 Å². The summed E-state index contributed by atoms with van der Waals surface area (Å²) < 4.78 is 5.25. The van der Waals surface area contributed by atoms with Crippen molar-refractivity contribution in [3.63, 3.8) is 0 Å². The van der Waals surface area contributed by atoms with E-state index in [2.05, 4.69) is 22.8 Å². The molecule has 1 aliphatic rings. The fraction of sp³-hybridized carbons (Fsp3) is 0.500. The Bertz CT molecular complexity index is 438. The molecule has 4 nitrogen and oxygen atoms in total. The number of nitrogens with one attached hydrogen (secondary N) is 2. The number of carbonyl (C=O) groups excluding carboxylic acids is 1. The molecular weight excluding hydrogens is 228 g/mol. The van der Waals surface area contributed by atoms with E-state index in [1.807, 2.05) is 32.9 Å². The highest BCUT2D eigenvalue weighted by atomic mass is 16.6. The third-order valence-electron chi connectivity index (χ3n) is 2.74. The Labute approximate surface area is 108 Å². The zero-order valence-electron chi connectivity index (χ0n) is 11.1. The largest absolute Gasteiger partial charge is 0.444 e. The summed E-state index contributed by atoms with van der Waals surface area (Å²) in [6, 6.07) is 8.23. The summed E-state index contributed by atoms with van der Waals surface area (Å²) in [4.78, 5) is 11.7. The number of hydrogen-bond acceptors (Lipinski definition) is 3. The summed E-state index contributed by atoms with van der Waals surface area (Å²) in [6.07, 6.45) is 0.483. The SMILES string of the molecule is CC(C)(C)OC(=O)N[C@@H]1CNc2ccccc2C1. The zero-order valence-corrected chi connectivity index (χ0v) is 11.1. The summed E-state index contributed by atoms with van der Waals surface area (Å²) in [5.74, 6) is 0. The van der Waals surface area contributed by atoms with E-state index < -0.39 is 5.60 Å². The Balaban J connectivity index is 1.92. The average molecular weight is 248 g/mol. The molecule has 0 fully saturated rings. The molecule has 2 N–H and O–H groups in total. The molecule has 98 valence electrons. The first kappa shape index (κ1) is 12.7. The second kappa shape index (κ2) is 4.88. The van der Waals surface area contributed by atoms with Gasteiger partial charge < -0.3 is 15.4 Å². The van der Waals surface area contributed by atoms with E-state index in [1.165, 1.54) is 5.56 Å². The van der Waals surface area contributed by atoms with Crippen molar-refractivity contribution in [2.24, 2.45) is 0 Å². The highest BCUT2D eigenvalue weighted by Gasteiger charge is 2.22. The van der Waals surface area contributed by atoms with Gasteiger partial charge in [-0.2, -0.15) is 0 Å². The Hall–Kier alpha value is -1.71. The number of carbonyl (C=O) groups is 1. The fourth-order valence-electron chi connectivity index (χ4n) is 2.02. The lowest BCUT2D eigenvalue weighted by atomic mass is 10.00. The second-order valence-corrected chi connectivity index (χ2v) is 5.59. The molecule has 1 aliphatic heterocycles. The maximum absolute atomic E-state index is 11.7. The van der Waals surface area contributed by atoms with E-state index in [0.717, 1.165) is 18.7 Å². The lowest BCUT2D eigenvalue weighted by Crippen LogP contribution is -2.45. The first-order valence-corrected chi connectivity index (χ1v) is 6.25. The van der Waals surface area contributed by atoms with E-state index in [9.17, 15) is 4.79 Å². The number of amides is 1. The minimum Gasteiger partial charge on any atom is -0.444 e. The van der Waals surface area contributed by atoms with Crippen molar-refractivity contribution >= 4 is 11.8 Å². The number of alkyl carbamates (subject to hydrolysis) is 1. The van der Waals surface area contributed by atoms with Crippen LogP contribution in [-0.4, -0.2) is 24.3 Å². The van der Waals surface area contributed by atoms with Gasteiger partial charge in [-0.15, -0.1) is 0 Å². The van der Waals surface area contributed by atoms with Crippen LogP contribution in [0.25, 0.3) is 0 Å². The van der Waals surface area contributed by atoms with Gasteiger partial charge >= 0.3 is 6.09 Å². The van der Waals surface area contributed by atoms with Crippen LogP contribution in [0.2, 0.25) is 0 Å². The van der Waals surface area contributed by atoms with Gasteiger partial charge in [0.05, 0.1) is 6.04 Å². The lowest BCUT2D eigenvalue weighted by molar-refractivity contribution is 0.0506. The van der Waals surface area contributed by atoms with Crippen LogP contribution in [0.5, 0.6) is 0 Å². The highest BCUT2D eigenvalue weighted by Crippen LogP contribution is 2.21. The van der Waals surface area contributed by atoms with Gasteiger partial charge in [0.1, 0.15) is 5.60 Å². The van der Waals surface area contributed by atoms with Gasteiger partial charge in [0, 0.05) is 12.2 Å². The van der Waals surface area contributed by atoms with Crippen molar-refractivity contribution in [2.75, 3.05) is 11.9 Å². The van der Waals surface area contributed by atoms with Crippen LogP contribution in [0, 0.1) is 0 Å². The summed E-state index contributed by atoms with van der Waals surface area (Å²) in [6.45, 7) is 6.32. The number of rotatable bonds is 1. The Morgan fingerprint density at radius 3 is 2.83 bits per heavy atom. The Morgan fingerprint density at radius 2 is 2.11 bits per heavy atom. The zero-order chi connectivity index (χ0) is 13.2. The molecule has 1 aromatic carbocycles. The molecule has 0 radical (unpaired) electrons. The third-order valence-corrected chi connectivity index (χ3v) is 2.74. The maximum Gasteiger partial charge on any atom is 0.407 e. The van der Waals surface area contributed by atoms with Crippen LogP contribution < -0.4 is 10.6 Å². The molecule has 4 heteroatoms. The normalized spacial score (nSPS) is 18.5. The van der Waals surface area contributed by atoms with Gasteiger partial charge in [0.15, 0.2) is 0 Å². The summed E-state index contributed by atoms with van der Waals surface area (Å²) in [5.41, 5.74) is 1.92. The first-order chi connectivity index (χ1) is 8.44. The smallest absolute Gasteiger partial charge is 0.407 e. The molecule has 1 atom stereocenters. The van der Waals surface area contributed by atoms with E-state index in [4.69, 9.17) is 4.74 Å². The molecular formula is C14H20N2O2. The van der Waals surface area contributed by atoms with Gasteiger partial charge in [0.25, 0.3) is 0 Å². The molecule has 1 amide bonds. The van der Waals surface area contributed by atoms with Crippen LogP contribution in [0.4, 0.5) is 10.5 Å². The number of anilines is 1. The fourth-order valence-corrected chi connectivity index (χ4v) is 2.02. The van der Waals surface area contributed by atoms with Crippen molar-refractivity contribution in [3.8, 4) is 0 Å². The molecule has 0 saturated carbocycles. The Morgan fingerprint density at radius 1 is 1.39 bits per heavy atom. The van der Waals surface area contributed by atoms with E-state index in [1.54, 1.807) is 0 Å². The number of ether oxygens (including phenoxy) is 1. The third kappa shape index (κ3) is 3.39. The van der Waals surface area contributed by atoms with Crippen LogP contribution in [0.15, 0.2) is 24.3 Å². The molecule has 0 saturated heterocycles. The van der Waals surface area contributed by atoms with E-state index in [-0.39, 0.29) is 12.1 Å². The van der Waals surface area contributed by atoms with Crippen LogP contribution in [-0.2, 0) is 11.2 Å². The lowest BCUT2D eigenvalue weighted by Gasteiger charge is -2.28. The number of para-hydroxylation sites is 1. The molecule has 0 spiro atoms. The topological polar surface area (TPSA) is 50.4 Å². The van der Waals surface area contributed by atoms with Gasteiger partial charge in [-0.1, -0.05) is 18.2 Å². The monoisotopic (exact) mass is 248 g/mol. The minimum atomic E-state index is -0.454. The van der Waals surface area contributed by atoms with Gasteiger partial charge in [-0.25, -0.2) is 4.79 Å². The minimum absolute atomic E-state index is 0.0785. The highest BCUT2D eigenvalue weighted by molar-refractivity contribution is 5.68. The van der Waals surface area contributed by atoms with Crippen molar-refractivity contribution < 1.29 is 9.53 Å². The standard InChI is InChI=1S/C14H20N2O2/c1-14(2,3)18-13(17)16-11-8-10-6-4-5-7-12(10)15-9-11/h4-7,11,15H,8-9H2,1-3H3,(H,16,17)/t11-/m0/s1. The molecule has 2 rings (SSSR count). The quantitative estimate of drug-likeness (QED) is 0.803. The summed E-state index contributed by atoms with van der Waals surface area (Å²) in [7, 11) is 0. The second-order valence-electron chi connectivity index (χ2n) is 5.59. The molecule has 1 aromatic rings. The van der Waals surface area contributed by atoms with Gasteiger partial charge in [-0.05, 0) is 38.8 Å². The van der Waals surface area contributed by atoms with E-state index in [0.29, 0.717) is 0 Å². The predicted molar refractivity (Wildman–Crippen MR) is 71.8 cm³/mol. The Kier molecular flexibility index (Phi) is 3.45. The summed E-state index contributed by atoms with van der Waals surface area (Å²) >= 11 is 0. The number of hydrogen-bond donors (Lipinski definition) is 2. The molecule has 0 aliphatic carbocycles. The maximum atomic E-state index is 11.7. The van der Waals surface area contributed by atoms with Crippen LogP contribution in [0.3, 0.4) is 0 Å². The van der Waals surface area contributed by atoms with Crippen LogP contribution in [0.1, 0.15) is 26.3 Å². The number of benzene rings is 1. The molecule has 0 unspecified atom stereocenters. The number of fused-ring (bicyclic) bond motifs is 1. The molecule has 0 bridgehead atoms. The predicted octanol–water partition coefficient (Wildman–Crippen LogP) is 2.55. The van der Waals surface area contributed by atoms with Gasteiger partial charge in [-0.3, -0.25) is 0 Å². The summed E-state index contributed by atoms with van der Waals surface area (Å²) in [5, 5.41) is 6.20. The molecule has 18 heavy (non-hydrogen) atoms. The molecule has 1 heterocycles. The molecule has 0 aromatic heterocycles. The van der Waals surface area contributed by atoms with Crippen molar-refractivity contribution in [3.05, 3.63) is 29.8 Å². The van der Waals surface area contributed by atoms with E-state index >= 15 is 0 Å². The first-order valence-electron chi connectivity index (χ1n) is 6.25. The average Bonchev–Trinajstić information content (AvgIpc) is 2.26.